The highest BCUT2D eigenvalue weighted by molar-refractivity contribution is 5.85. The number of nitrogens with zero attached hydrogens (tertiary/aromatic N) is 3. The van der Waals surface area contributed by atoms with Gasteiger partial charge in [0.2, 0.25) is 5.88 Å². The van der Waals surface area contributed by atoms with Gasteiger partial charge >= 0.3 is 18.3 Å². The molecular weight excluding hydrogens is 600 g/mol. The quantitative estimate of drug-likeness (QED) is 0.160. The highest BCUT2D eigenvalue weighted by Gasteiger charge is 2.37. The first-order valence-corrected chi connectivity index (χ1v) is 13.8. The van der Waals surface area contributed by atoms with Gasteiger partial charge in [-0.3, -0.25) is 4.79 Å². The number of fused-ring (bicyclic) bond motifs is 1. The minimum Gasteiger partial charge on any atom is -0.481 e. The molecule has 1 aliphatic carbocycles. The van der Waals surface area contributed by atoms with Crippen molar-refractivity contribution in [1.82, 2.24) is 5.16 Å². The highest BCUT2D eigenvalue weighted by Crippen LogP contribution is 2.38. The molecule has 1 N–H and O–H groups in total. The van der Waals surface area contributed by atoms with Crippen molar-refractivity contribution in [1.29, 1.82) is 0 Å². The number of aliphatic carboxylic acids is 1. The summed E-state index contributed by atoms with van der Waals surface area (Å²) in [7, 11) is 0. The Labute approximate surface area is 252 Å². The van der Waals surface area contributed by atoms with Gasteiger partial charge in [0.05, 0.1) is 16.8 Å². The summed E-state index contributed by atoms with van der Waals surface area (Å²) < 4.78 is 86.9. The summed E-state index contributed by atoms with van der Waals surface area (Å²) in [4.78, 5) is 14.7. The van der Waals surface area contributed by atoms with Crippen LogP contribution in [0.2, 0.25) is 0 Å². The van der Waals surface area contributed by atoms with Crippen molar-refractivity contribution in [2.75, 3.05) is 22.9 Å². The summed E-state index contributed by atoms with van der Waals surface area (Å²) in [6.45, 7) is 4.73. The molecule has 0 saturated heterocycles. The van der Waals surface area contributed by atoms with Crippen LogP contribution in [0.5, 0.6) is 0 Å². The number of rotatable bonds is 12. The van der Waals surface area contributed by atoms with Crippen molar-refractivity contribution in [2.45, 2.75) is 77.8 Å². The van der Waals surface area contributed by atoms with E-state index < -0.39 is 29.4 Å². The maximum atomic E-state index is 13.6. The SMILES string of the molecule is CCN(CCCCC(=O)O)c1cc2c(cc1CN(Cc1cc(C(F)(F)F)cc(C(F)(F)F)c1)c1cc(C)no1)CCC2.Cl. The second kappa shape index (κ2) is 13.9. The maximum absolute atomic E-state index is 13.6. The number of benzene rings is 2. The Hall–Kier alpha value is -3.41. The van der Waals surface area contributed by atoms with Gasteiger partial charge in [0.1, 0.15) is 0 Å². The number of aryl methyl sites for hydroxylation is 3. The average Bonchev–Trinajstić information content (AvgIpc) is 3.55. The number of carboxylic acid groups (broad SMARTS) is 1. The lowest BCUT2D eigenvalue weighted by Gasteiger charge is -2.30. The number of anilines is 2. The normalized spacial score (nSPS) is 13.0. The zero-order chi connectivity index (χ0) is 30.7. The predicted molar refractivity (Wildman–Crippen MR) is 153 cm³/mol. The lowest BCUT2D eigenvalue weighted by molar-refractivity contribution is -0.143. The third kappa shape index (κ3) is 8.81. The van der Waals surface area contributed by atoms with Crippen LogP contribution in [0.3, 0.4) is 0 Å². The minimum atomic E-state index is -4.96. The van der Waals surface area contributed by atoms with E-state index in [1.165, 1.54) is 5.56 Å². The summed E-state index contributed by atoms with van der Waals surface area (Å²) in [5.41, 5.74) is 1.68. The average molecular weight is 634 g/mol. The van der Waals surface area contributed by atoms with E-state index in [0.29, 0.717) is 31.6 Å². The second-order valence-corrected chi connectivity index (χ2v) is 10.6. The number of carbonyl (C=O) groups is 1. The van der Waals surface area contributed by atoms with Crippen LogP contribution >= 0.6 is 12.4 Å². The number of hydrogen-bond acceptors (Lipinski definition) is 5. The van der Waals surface area contributed by atoms with Crippen LogP contribution in [0.25, 0.3) is 0 Å². The van der Waals surface area contributed by atoms with Crippen molar-refractivity contribution >= 4 is 29.9 Å². The third-order valence-corrected chi connectivity index (χ3v) is 7.39. The Kier molecular flexibility index (Phi) is 11.0. The molecule has 4 rings (SSSR count). The van der Waals surface area contributed by atoms with Crippen molar-refractivity contribution < 1.29 is 40.8 Å². The molecule has 1 aliphatic rings. The van der Waals surface area contributed by atoms with Gasteiger partial charge in [0.25, 0.3) is 0 Å². The second-order valence-electron chi connectivity index (χ2n) is 10.6. The van der Waals surface area contributed by atoms with Crippen LogP contribution < -0.4 is 9.80 Å². The van der Waals surface area contributed by atoms with Crippen LogP contribution in [-0.2, 0) is 43.1 Å². The van der Waals surface area contributed by atoms with E-state index in [4.69, 9.17) is 9.63 Å². The summed E-state index contributed by atoms with van der Waals surface area (Å²) >= 11 is 0. The zero-order valence-corrected chi connectivity index (χ0v) is 24.6. The first kappa shape index (κ1) is 34.1. The first-order valence-electron chi connectivity index (χ1n) is 13.8. The monoisotopic (exact) mass is 633 g/mol. The third-order valence-electron chi connectivity index (χ3n) is 7.39. The Balaban J connectivity index is 0.00000506. The Morgan fingerprint density at radius 3 is 2.07 bits per heavy atom. The number of unbranched alkanes of at least 4 members (excludes halogenated alkanes) is 1. The summed E-state index contributed by atoms with van der Waals surface area (Å²) in [5, 5.41) is 12.9. The highest BCUT2D eigenvalue weighted by atomic mass is 35.5. The molecule has 6 nitrogen and oxygen atoms in total. The van der Waals surface area contributed by atoms with Gasteiger partial charge in [0.15, 0.2) is 0 Å². The topological polar surface area (TPSA) is 69.8 Å². The Bertz CT molecular complexity index is 1370. The Morgan fingerprint density at radius 1 is 0.907 bits per heavy atom. The number of alkyl halides is 6. The fourth-order valence-electron chi connectivity index (χ4n) is 5.36. The number of aromatic nitrogens is 1. The van der Waals surface area contributed by atoms with Crippen LogP contribution in [-0.4, -0.2) is 29.3 Å². The van der Waals surface area contributed by atoms with E-state index >= 15 is 0 Å². The lowest BCUT2D eigenvalue weighted by atomic mass is 10.0. The standard InChI is InChI=1S/C30H33F6N3O3.ClH/c1-3-38(10-5-4-9-28(40)41)26-15-22-8-6-7-21(22)14-23(26)18-39(27-11-19(2)37-42-27)17-20-12-24(29(31,32)33)16-25(13-20)30(34,35)36;/h11-16H,3-10,17-18H2,1-2H3,(H,40,41);1H. The van der Waals surface area contributed by atoms with E-state index in [9.17, 15) is 31.1 Å². The van der Waals surface area contributed by atoms with Crippen molar-refractivity contribution in [2.24, 2.45) is 0 Å². The van der Waals surface area contributed by atoms with Crippen molar-refractivity contribution in [3.8, 4) is 0 Å². The number of hydrogen-bond donors (Lipinski definition) is 1. The predicted octanol–water partition coefficient (Wildman–Crippen LogP) is 8.22. The van der Waals surface area contributed by atoms with E-state index in [2.05, 4.69) is 22.2 Å². The molecular formula is C30H34ClF6N3O3. The van der Waals surface area contributed by atoms with Crippen LogP contribution in [0.1, 0.15) is 71.7 Å². The molecule has 236 valence electrons. The molecule has 43 heavy (non-hydrogen) atoms. The van der Waals surface area contributed by atoms with Gasteiger partial charge in [-0.05, 0) is 92.5 Å². The smallest absolute Gasteiger partial charge is 0.416 e. The number of carboxylic acids is 1. The molecule has 3 aromatic rings. The summed E-state index contributed by atoms with van der Waals surface area (Å²) in [6.07, 6.45) is -5.94. The van der Waals surface area contributed by atoms with Gasteiger partial charge in [-0.15, -0.1) is 12.4 Å². The van der Waals surface area contributed by atoms with Crippen LogP contribution in [0.4, 0.5) is 37.9 Å². The maximum Gasteiger partial charge on any atom is 0.416 e. The fraction of sp³-hybridized carbons (Fsp3) is 0.467. The van der Waals surface area contributed by atoms with Gasteiger partial charge in [-0.1, -0.05) is 11.2 Å². The van der Waals surface area contributed by atoms with E-state index in [1.807, 2.05) is 6.92 Å². The molecule has 0 fully saturated rings. The molecule has 1 aromatic heterocycles. The summed E-state index contributed by atoms with van der Waals surface area (Å²) in [5.74, 6) is -0.646. The van der Waals surface area contributed by atoms with Crippen LogP contribution in [0.15, 0.2) is 40.9 Å². The number of halogens is 7. The first-order chi connectivity index (χ1) is 19.7. The van der Waals surface area contributed by atoms with Crippen molar-refractivity contribution in [3.05, 3.63) is 75.5 Å². The summed E-state index contributed by atoms with van der Waals surface area (Å²) in [6, 6.07) is 7.34. The van der Waals surface area contributed by atoms with Gasteiger partial charge in [-0.2, -0.15) is 26.3 Å². The molecule has 0 aliphatic heterocycles. The van der Waals surface area contributed by atoms with E-state index in [1.54, 1.807) is 17.9 Å². The lowest BCUT2D eigenvalue weighted by Crippen LogP contribution is -2.28. The van der Waals surface area contributed by atoms with E-state index in [0.717, 1.165) is 48.2 Å². The fourth-order valence-corrected chi connectivity index (χ4v) is 5.36. The molecule has 2 aromatic carbocycles. The molecule has 13 heteroatoms. The van der Waals surface area contributed by atoms with Gasteiger partial charge in [0, 0.05) is 44.4 Å². The molecule has 0 atom stereocenters. The molecule has 0 amide bonds. The zero-order valence-electron chi connectivity index (χ0n) is 23.8. The Morgan fingerprint density at radius 2 is 1.53 bits per heavy atom. The minimum absolute atomic E-state index is 0. The molecule has 0 spiro atoms. The van der Waals surface area contributed by atoms with Gasteiger partial charge < -0.3 is 19.4 Å². The van der Waals surface area contributed by atoms with Crippen molar-refractivity contribution in [3.63, 3.8) is 0 Å². The largest absolute Gasteiger partial charge is 0.481 e. The molecule has 0 unspecified atom stereocenters. The molecule has 0 saturated carbocycles. The van der Waals surface area contributed by atoms with Gasteiger partial charge in [-0.25, -0.2) is 0 Å². The molecule has 0 radical (unpaired) electrons. The van der Waals surface area contributed by atoms with Crippen LogP contribution in [0, 0.1) is 6.92 Å². The van der Waals surface area contributed by atoms with E-state index in [-0.39, 0.29) is 49.4 Å². The molecule has 1 heterocycles. The molecule has 0 bridgehead atoms.